The molecule has 4 nitrogen and oxygen atoms in total. The summed E-state index contributed by atoms with van der Waals surface area (Å²) in [6.45, 7) is 2.07. The first kappa shape index (κ1) is 25.3. The molecule has 0 amide bonds. The van der Waals surface area contributed by atoms with Crippen LogP contribution in [0.5, 0.6) is 11.5 Å². The highest BCUT2D eigenvalue weighted by Crippen LogP contribution is 2.50. The van der Waals surface area contributed by atoms with Gasteiger partial charge in [0.15, 0.2) is 11.5 Å². The molecule has 0 spiro atoms. The largest absolute Gasteiger partial charge is 0.419 e. The molecule has 0 bridgehead atoms. The van der Waals surface area contributed by atoms with Gasteiger partial charge in [-0.2, -0.15) is 0 Å². The Morgan fingerprint density at radius 3 is 1.70 bits per heavy atom. The molecule has 2 saturated carbocycles. The molecule has 0 unspecified atom stereocenters. The Balaban J connectivity index is 1.67. The summed E-state index contributed by atoms with van der Waals surface area (Å²) in [5.74, 6) is 0.767. The maximum atomic E-state index is 13.4. The Labute approximate surface area is 220 Å². The fourth-order valence-electron chi connectivity index (χ4n) is 6.04. The lowest BCUT2D eigenvalue weighted by Gasteiger charge is -2.30. The normalized spacial score (nSPS) is 16.5. The van der Waals surface area contributed by atoms with Crippen molar-refractivity contribution in [2.24, 2.45) is 0 Å². The van der Waals surface area contributed by atoms with Gasteiger partial charge in [-0.15, -0.1) is 0 Å². The van der Waals surface area contributed by atoms with Gasteiger partial charge < -0.3 is 9.47 Å². The summed E-state index contributed by atoms with van der Waals surface area (Å²) < 4.78 is 12.4. The molecule has 0 radical (unpaired) electrons. The van der Waals surface area contributed by atoms with Gasteiger partial charge in [0.2, 0.25) is 0 Å². The van der Waals surface area contributed by atoms with Gasteiger partial charge in [-0.05, 0) is 79.3 Å². The van der Waals surface area contributed by atoms with E-state index in [9.17, 15) is 9.59 Å². The molecular formula is C33H36O4. The van der Waals surface area contributed by atoms with Crippen LogP contribution in [0, 0.1) is 0 Å². The Morgan fingerprint density at radius 1 is 0.676 bits per heavy atom. The third-order valence-corrected chi connectivity index (χ3v) is 7.98. The van der Waals surface area contributed by atoms with Crippen LogP contribution in [0.25, 0.3) is 0 Å². The van der Waals surface area contributed by atoms with E-state index in [1.807, 2.05) is 36.4 Å². The van der Waals surface area contributed by atoms with Crippen molar-refractivity contribution >= 4 is 11.9 Å². The van der Waals surface area contributed by atoms with Crippen LogP contribution in [0.2, 0.25) is 0 Å². The van der Waals surface area contributed by atoms with Crippen molar-refractivity contribution in [2.75, 3.05) is 0 Å². The molecule has 0 N–H and O–H groups in total. The molecule has 2 fully saturated rings. The smallest absolute Gasteiger partial charge is 0.343 e. The fourth-order valence-corrected chi connectivity index (χ4v) is 6.04. The lowest BCUT2D eigenvalue weighted by Crippen LogP contribution is -2.19. The van der Waals surface area contributed by atoms with E-state index in [0.717, 1.165) is 49.7 Å². The summed E-state index contributed by atoms with van der Waals surface area (Å²) >= 11 is 0. The second-order valence-corrected chi connectivity index (χ2v) is 10.4. The zero-order chi connectivity index (χ0) is 25.6. The summed E-state index contributed by atoms with van der Waals surface area (Å²) in [6.07, 6.45) is 11.1. The van der Waals surface area contributed by atoms with Gasteiger partial charge in [0.25, 0.3) is 0 Å². The topological polar surface area (TPSA) is 52.6 Å². The maximum absolute atomic E-state index is 13.4. The monoisotopic (exact) mass is 496 g/mol. The molecule has 0 heterocycles. The Hall–Kier alpha value is -3.40. The molecule has 0 atom stereocenters. The molecule has 3 aromatic rings. The number of hydrogen-bond acceptors (Lipinski definition) is 4. The molecule has 0 aliphatic heterocycles. The van der Waals surface area contributed by atoms with Crippen LogP contribution in [0.4, 0.5) is 0 Å². The molecule has 2 aliphatic rings. The van der Waals surface area contributed by atoms with Crippen molar-refractivity contribution < 1.29 is 19.1 Å². The molecule has 2 aliphatic carbocycles. The van der Waals surface area contributed by atoms with E-state index >= 15 is 0 Å². The summed E-state index contributed by atoms with van der Waals surface area (Å²) in [4.78, 5) is 26.7. The van der Waals surface area contributed by atoms with E-state index in [0.29, 0.717) is 40.9 Å². The minimum Gasteiger partial charge on any atom is -0.419 e. The molecular weight excluding hydrogens is 460 g/mol. The molecule has 4 heteroatoms. The van der Waals surface area contributed by atoms with Gasteiger partial charge in [0.1, 0.15) is 0 Å². The van der Waals surface area contributed by atoms with Crippen LogP contribution in [-0.2, 0) is 6.42 Å². The first-order chi connectivity index (χ1) is 18.2. The molecule has 5 rings (SSSR count). The van der Waals surface area contributed by atoms with Gasteiger partial charge in [-0.25, -0.2) is 9.59 Å². The number of carbonyl (C=O) groups is 2. The SMILES string of the molecule is CCc1cc(C2CCCC2)c(C2CCCCC2)c(OC(=O)c2ccccc2)c1OC(=O)c1ccccc1. The number of benzene rings is 3. The summed E-state index contributed by atoms with van der Waals surface area (Å²) in [7, 11) is 0. The van der Waals surface area contributed by atoms with Crippen molar-refractivity contribution in [1.29, 1.82) is 0 Å². The van der Waals surface area contributed by atoms with E-state index in [1.165, 1.54) is 24.8 Å². The molecule has 37 heavy (non-hydrogen) atoms. The zero-order valence-corrected chi connectivity index (χ0v) is 21.7. The van der Waals surface area contributed by atoms with E-state index in [-0.39, 0.29) is 0 Å². The van der Waals surface area contributed by atoms with Gasteiger partial charge >= 0.3 is 11.9 Å². The van der Waals surface area contributed by atoms with Crippen molar-refractivity contribution in [1.82, 2.24) is 0 Å². The quantitative estimate of drug-likeness (QED) is 0.243. The minimum absolute atomic E-state index is 0.294. The highest BCUT2D eigenvalue weighted by atomic mass is 16.6. The predicted molar refractivity (Wildman–Crippen MR) is 146 cm³/mol. The second-order valence-electron chi connectivity index (χ2n) is 10.4. The third kappa shape index (κ3) is 5.64. The Kier molecular flexibility index (Phi) is 8.03. The van der Waals surface area contributed by atoms with Crippen LogP contribution in [-0.4, -0.2) is 11.9 Å². The highest BCUT2D eigenvalue weighted by Gasteiger charge is 2.33. The lowest BCUT2D eigenvalue weighted by molar-refractivity contribution is 0.0678. The number of rotatable bonds is 7. The van der Waals surface area contributed by atoms with Crippen LogP contribution in [0.15, 0.2) is 66.7 Å². The lowest BCUT2D eigenvalue weighted by atomic mass is 9.77. The average molecular weight is 497 g/mol. The number of ether oxygens (including phenoxy) is 2. The highest BCUT2D eigenvalue weighted by molar-refractivity contribution is 5.94. The Bertz CT molecular complexity index is 1220. The van der Waals surface area contributed by atoms with Crippen molar-refractivity contribution in [3.05, 3.63) is 94.5 Å². The fraction of sp³-hybridized carbons (Fsp3) is 0.394. The second kappa shape index (κ2) is 11.8. The first-order valence-corrected chi connectivity index (χ1v) is 13.9. The van der Waals surface area contributed by atoms with Crippen LogP contribution in [0.3, 0.4) is 0 Å². The number of carbonyl (C=O) groups excluding carboxylic acids is 2. The number of hydrogen-bond donors (Lipinski definition) is 0. The summed E-state index contributed by atoms with van der Waals surface area (Å²) in [6, 6.07) is 20.4. The molecule has 0 saturated heterocycles. The van der Waals surface area contributed by atoms with E-state index in [2.05, 4.69) is 13.0 Å². The summed E-state index contributed by atoms with van der Waals surface area (Å²) in [5, 5.41) is 0. The van der Waals surface area contributed by atoms with Crippen LogP contribution >= 0.6 is 0 Å². The van der Waals surface area contributed by atoms with Gasteiger partial charge in [0.05, 0.1) is 11.1 Å². The van der Waals surface area contributed by atoms with Crippen molar-refractivity contribution in [3.63, 3.8) is 0 Å². The van der Waals surface area contributed by atoms with E-state index in [4.69, 9.17) is 9.47 Å². The predicted octanol–water partition coefficient (Wildman–Crippen LogP) is 8.39. The van der Waals surface area contributed by atoms with Gasteiger partial charge in [-0.1, -0.05) is 81.5 Å². The van der Waals surface area contributed by atoms with Gasteiger partial charge in [-0.3, -0.25) is 0 Å². The van der Waals surface area contributed by atoms with E-state index in [1.54, 1.807) is 24.3 Å². The average Bonchev–Trinajstić information content (AvgIpc) is 3.50. The van der Waals surface area contributed by atoms with E-state index < -0.39 is 11.9 Å². The summed E-state index contributed by atoms with van der Waals surface area (Å²) in [5.41, 5.74) is 4.29. The number of esters is 2. The van der Waals surface area contributed by atoms with Crippen LogP contribution in [0.1, 0.15) is 114 Å². The third-order valence-electron chi connectivity index (χ3n) is 7.98. The van der Waals surface area contributed by atoms with Crippen molar-refractivity contribution in [3.8, 4) is 11.5 Å². The zero-order valence-electron chi connectivity index (χ0n) is 21.7. The first-order valence-electron chi connectivity index (χ1n) is 13.9. The molecule has 3 aromatic carbocycles. The maximum Gasteiger partial charge on any atom is 0.343 e. The van der Waals surface area contributed by atoms with Crippen molar-refractivity contribution in [2.45, 2.75) is 83.0 Å². The van der Waals surface area contributed by atoms with Gasteiger partial charge in [0, 0.05) is 5.56 Å². The minimum atomic E-state index is -0.435. The standard InChI is InChI=1S/C33H36O4/c1-2-23-22-28(24-14-12-13-15-24)29(25-16-6-3-7-17-25)31(37-33(35)27-20-10-5-11-21-27)30(23)36-32(34)26-18-8-4-9-19-26/h4-5,8-11,18-22,24-25H,2-3,6-7,12-17H2,1H3. The number of aryl methyl sites for hydroxylation is 1. The Morgan fingerprint density at radius 2 is 1.16 bits per heavy atom. The molecule has 0 aromatic heterocycles. The van der Waals surface area contributed by atoms with Crippen LogP contribution < -0.4 is 9.47 Å². The molecule has 192 valence electrons.